The molecule has 0 spiro atoms. The standard InChI is InChI=1S/C9H17Cl2NO/c1-3-5-7-12(6-4-2)9(13)8(10)11/h8H,3-7H2,1-2H3. The third-order valence-corrected chi connectivity index (χ3v) is 2.15. The Morgan fingerprint density at radius 2 is 1.85 bits per heavy atom. The number of rotatable bonds is 6. The van der Waals surface area contributed by atoms with Gasteiger partial charge in [0.1, 0.15) is 0 Å². The summed E-state index contributed by atoms with van der Waals surface area (Å²) in [5.41, 5.74) is 0. The van der Waals surface area contributed by atoms with E-state index in [-0.39, 0.29) is 5.91 Å². The predicted octanol–water partition coefficient (Wildman–Crippen LogP) is 2.83. The molecule has 0 unspecified atom stereocenters. The normalized spacial score (nSPS) is 10.5. The molecule has 0 aromatic carbocycles. The minimum Gasteiger partial charge on any atom is -0.340 e. The van der Waals surface area contributed by atoms with Crippen molar-refractivity contribution in [2.45, 2.75) is 37.9 Å². The molecule has 0 N–H and O–H groups in total. The maximum Gasteiger partial charge on any atom is 0.255 e. The molecule has 0 fully saturated rings. The first-order valence-electron chi connectivity index (χ1n) is 4.70. The Kier molecular flexibility index (Phi) is 7.48. The quantitative estimate of drug-likeness (QED) is 0.637. The molecule has 0 aromatic heterocycles. The van der Waals surface area contributed by atoms with Crippen molar-refractivity contribution in [3.8, 4) is 0 Å². The van der Waals surface area contributed by atoms with Crippen LogP contribution in [0.3, 0.4) is 0 Å². The Balaban J connectivity index is 3.99. The summed E-state index contributed by atoms with van der Waals surface area (Å²) in [6, 6.07) is 0. The molecular weight excluding hydrogens is 209 g/mol. The highest BCUT2D eigenvalue weighted by molar-refractivity contribution is 6.53. The van der Waals surface area contributed by atoms with E-state index in [1.54, 1.807) is 4.90 Å². The van der Waals surface area contributed by atoms with Gasteiger partial charge in [0.05, 0.1) is 0 Å². The Labute approximate surface area is 90.2 Å². The lowest BCUT2D eigenvalue weighted by atomic mass is 10.3. The van der Waals surface area contributed by atoms with Crippen molar-refractivity contribution in [1.29, 1.82) is 0 Å². The number of hydrogen-bond acceptors (Lipinski definition) is 1. The number of hydrogen-bond donors (Lipinski definition) is 0. The summed E-state index contributed by atoms with van der Waals surface area (Å²) >= 11 is 11.0. The first kappa shape index (κ1) is 13.1. The van der Waals surface area contributed by atoms with Gasteiger partial charge in [0.25, 0.3) is 5.91 Å². The number of alkyl halides is 2. The molecule has 0 saturated heterocycles. The average Bonchev–Trinajstić information content (AvgIpc) is 2.11. The van der Waals surface area contributed by atoms with Crippen LogP contribution in [0.25, 0.3) is 0 Å². The molecule has 0 heterocycles. The van der Waals surface area contributed by atoms with E-state index in [2.05, 4.69) is 6.92 Å². The second-order valence-electron chi connectivity index (χ2n) is 2.98. The number of carbonyl (C=O) groups is 1. The second kappa shape index (κ2) is 7.45. The maximum absolute atomic E-state index is 11.4. The molecule has 0 saturated carbocycles. The number of unbranched alkanes of at least 4 members (excludes halogenated alkanes) is 1. The fraction of sp³-hybridized carbons (Fsp3) is 0.889. The molecule has 78 valence electrons. The lowest BCUT2D eigenvalue weighted by Crippen LogP contribution is -2.36. The van der Waals surface area contributed by atoms with Crippen LogP contribution in [0.4, 0.5) is 0 Å². The third kappa shape index (κ3) is 5.37. The predicted molar refractivity (Wildman–Crippen MR) is 57.3 cm³/mol. The first-order valence-corrected chi connectivity index (χ1v) is 5.57. The smallest absolute Gasteiger partial charge is 0.255 e. The van der Waals surface area contributed by atoms with E-state index in [9.17, 15) is 4.79 Å². The molecule has 0 atom stereocenters. The molecule has 2 nitrogen and oxygen atoms in total. The SMILES string of the molecule is CCCCN(CCC)C(=O)C(Cl)Cl. The molecule has 0 aliphatic carbocycles. The van der Waals surface area contributed by atoms with Gasteiger partial charge >= 0.3 is 0 Å². The maximum atomic E-state index is 11.4. The molecule has 0 aliphatic heterocycles. The second-order valence-corrected chi connectivity index (χ2v) is 4.08. The van der Waals surface area contributed by atoms with Gasteiger partial charge in [-0.05, 0) is 12.8 Å². The van der Waals surface area contributed by atoms with Crippen LogP contribution in [0.2, 0.25) is 0 Å². The van der Waals surface area contributed by atoms with Crippen LogP contribution in [0.5, 0.6) is 0 Å². The van der Waals surface area contributed by atoms with E-state index in [1.807, 2.05) is 6.92 Å². The van der Waals surface area contributed by atoms with Crippen molar-refractivity contribution >= 4 is 29.1 Å². The third-order valence-electron chi connectivity index (χ3n) is 1.77. The van der Waals surface area contributed by atoms with Crippen molar-refractivity contribution in [3.63, 3.8) is 0 Å². The highest BCUT2D eigenvalue weighted by Crippen LogP contribution is 2.08. The van der Waals surface area contributed by atoms with E-state index in [1.165, 1.54) is 0 Å². The molecule has 13 heavy (non-hydrogen) atoms. The molecule has 1 amide bonds. The molecular formula is C9H17Cl2NO. The van der Waals surface area contributed by atoms with Crippen LogP contribution in [-0.4, -0.2) is 28.7 Å². The Morgan fingerprint density at radius 3 is 2.23 bits per heavy atom. The van der Waals surface area contributed by atoms with Crippen LogP contribution in [0, 0.1) is 0 Å². The van der Waals surface area contributed by atoms with Crippen molar-refractivity contribution in [2.24, 2.45) is 0 Å². The highest BCUT2D eigenvalue weighted by Gasteiger charge is 2.18. The van der Waals surface area contributed by atoms with Crippen molar-refractivity contribution < 1.29 is 4.79 Å². The van der Waals surface area contributed by atoms with Gasteiger partial charge in [-0.15, -0.1) is 0 Å². The summed E-state index contributed by atoms with van der Waals surface area (Å²) < 4.78 is 0. The number of halogens is 2. The summed E-state index contributed by atoms with van der Waals surface area (Å²) in [4.78, 5) is 12.2. The topological polar surface area (TPSA) is 20.3 Å². The van der Waals surface area contributed by atoms with E-state index in [0.29, 0.717) is 0 Å². The summed E-state index contributed by atoms with van der Waals surface area (Å²) in [6.07, 6.45) is 3.02. The zero-order valence-corrected chi connectivity index (χ0v) is 9.74. The van der Waals surface area contributed by atoms with Crippen LogP contribution in [-0.2, 0) is 4.79 Å². The first-order chi connectivity index (χ1) is 6.13. The van der Waals surface area contributed by atoms with Crippen LogP contribution in [0.15, 0.2) is 0 Å². The van der Waals surface area contributed by atoms with Gasteiger partial charge in [-0.25, -0.2) is 0 Å². The van der Waals surface area contributed by atoms with Gasteiger partial charge in [-0.1, -0.05) is 43.5 Å². The van der Waals surface area contributed by atoms with Gasteiger partial charge in [0.15, 0.2) is 4.84 Å². The molecule has 0 rings (SSSR count). The number of nitrogens with zero attached hydrogens (tertiary/aromatic N) is 1. The van der Waals surface area contributed by atoms with E-state index < -0.39 is 4.84 Å². The monoisotopic (exact) mass is 225 g/mol. The van der Waals surface area contributed by atoms with Crippen molar-refractivity contribution in [1.82, 2.24) is 4.90 Å². The van der Waals surface area contributed by atoms with E-state index in [0.717, 1.165) is 32.4 Å². The van der Waals surface area contributed by atoms with Crippen molar-refractivity contribution in [2.75, 3.05) is 13.1 Å². The van der Waals surface area contributed by atoms with E-state index >= 15 is 0 Å². The molecule has 0 aromatic rings. The fourth-order valence-corrected chi connectivity index (χ4v) is 1.37. The molecule has 0 bridgehead atoms. The van der Waals surface area contributed by atoms with Gasteiger partial charge in [-0.2, -0.15) is 0 Å². The minimum absolute atomic E-state index is 0.168. The lowest BCUT2D eigenvalue weighted by molar-refractivity contribution is -0.129. The summed E-state index contributed by atoms with van der Waals surface area (Å²) in [5, 5.41) is 0. The zero-order chi connectivity index (χ0) is 10.3. The number of carbonyl (C=O) groups excluding carboxylic acids is 1. The van der Waals surface area contributed by atoms with Gasteiger partial charge in [-0.3, -0.25) is 4.79 Å². The van der Waals surface area contributed by atoms with Crippen LogP contribution < -0.4 is 0 Å². The Morgan fingerprint density at radius 1 is 1.23 bits per heavy atom. The number of amides is 1. The zero-order valence-electron chi connectivity index (χ0n) is 8.22. The molecule has 0 aliphatic rings. The van der Waals surface area contributed by atoms with Crippen molar-refractivity contribution in [3.05, 3.63) is 0 Å². The van der Waals surface area contributed by atoms with Crippen LogP contribution >= 0.6 is 23.2 Å². The summed E-state index contributed by atoms with van der Waals surface area (Å²) in [5.74, 6) is -0.168. The fourth-order valence-electron chi connectivity index (χ4n) is 1.09. The lowest BCUT2D eigenvalue weighted by Gasteiger charge is -2.22. The Bertz CT molecular complexity index is 151. The summed E-state index contributed by atoms with van der Waals surface area (Å²) in [7, 11) is 0. The van der Waals surface area contributed by atoms with Gasteiger partial charge in [0.2, 0.25) is 0 Å². The highest BCUT2D eigenvalue weighted by atomic mass is 35.5. The van der Waals surface area contributed by atoms with Gasteiger partial charge in [0, 0.05) is 13.1 Å². The molecule has 0 radical (unpaired) electrons. The Hall–Kier alpha value is 0.0500. The largest absolute Gasteiger partial charge is 0.340 e. The average molecular weight is 226 g/mol. The van der Waals surface area contributed by atoms with Crippen LogP contribution in [0.1, 0.15) is 33.1 Å². The summed E-state index contributed by atoms with van der Waals surface area (Å²) in [6.45, 7) is 5.63. The van der Waals surface area contributed by atoms with E-state index in [4.69, 9.17) is 23.2 Å². The van der Waals surface area contributed by atoms with Gasteiger partial charge < -0.3 is 4.90 Å². The molecule has 4 heteroatoms. The minimum atomic E-state index is -0.914.